The predicted molar refractivity (Wildman–Crippen MR) is 83.8 cm³/mol. The van der Waals surface area contributed by atoms with Gasteiger partial charge in [-0.05, 0) is 36.8 Å². The number of rotatable bonds is 4. The van der Waals surface area contributed by atoms with Crippen molar-refractivity contribution in [3.05, 3.63) is 63.1 Å². The van der Waals surface area contributed by atoms with Gasteiger partial charge in [0.2, 0.25) is 0 Å². The first-order valence-electron chi connectivity index (χ1n) is 6.00. The minimum atomic E-state index is -0.627. The van der Waals surface area contributed by atoms with Crippen molar-refractivity contribution >= 4 is 33.2 Å². The Morgan fingerprint density at radius 1 is 1.26 bits per heavy atom. The van der Waals surface area contributed by atoms with E-state index >= 15 is 0 Å². The molecule has 1 atom stereocenters. The van der Waals surface area contributed by atoms with Gasteiger partial charge in [-0.25, -0.2) is 0 Å². The van der Waals surface area contributed by atoms with Crippen LogP contribution in [0, 0.1) is 6.92 Å². The highest BCUT2D eigenvalue weighted by molar-refractivity contribution is 9.10. The van der Waals surface area contributed by atoms with E-state index in [1.54, 1.807) is 6.07 Å². The monoisotopic (exact) mass is 339 g/mol. The molecule has 0 saturated carbocycles. The van der Waals surface area contributed by atoms with Crippen LogP contribution in [-0.2, 0) is 0 Å². The minimum Gasteiger partial charge on any atom is -0.387 e. The molecule has 0 amide bonds. The Bertz CT molecular complexity index is 574. The molecule has 0 aliphatic heterocycles. The highest BCUT2D eigenvalue weighted by Crippen LogP contribution is 2.24. The predicted octanol–water partition coefficient (Wildman–Crippen LogP) is 4.56. The zero-order chi connectivity index (χ0) is 13.8. The molecule has 0 heterocycles. The summed E-state index contributed by atoms with van der Waals surface area (Å²) >= 11 is 9.51. The number of hydrogen-bond donors (Lipinski definition) is 2. The Hall–Kier alpha value is -1.03. The summed E-state index contributed by atoms with van der Waals surface area (Å²) in [5.41, 5.74) is 2.87. The van der Waals surface area contributed by atoms with Crippen LogP contribution in [0.25, 0.3) is 0 Å². The third kappa shape index (κ3) is 3.72. The summed E-state index contributed by atoms with van der Waals surface area (Å²) < 4.78 is 1.07. The smallest absolute Gasteiger partial charge is 0.0976 e. The highest BCUT2D eigenvalue weighted by Gasteiger charge is 2.10. The quantitative estimate of drug-likeness (QED) is 0.855. The molecular weight excluding hydrogens is 326 g/mol. The molecule has 2 nitrogen and oxygen atoms in total. The number of halogens is 2. The topological polar surface area (TPSA) is 32.3 Å². The summed E-state index contributed by atoms with van der Waals surface area (Å²) in [7, 11) is 0. The second-order valence-corrected chi connectivity index (χ2v) is 5.64. The number of hydrogen-bond acceptors (Lipinski definition) is 2. The normalized spacial score (nSPS) is 12.2. The van der Waals surface area contributed by atoms with E-state index in [9.17, 15) is 5.11 Å². The van der Waals surface area contributed by atoms with Crippen molar-refractivity contribution in [1.29, 1.82) is 0 Å². The van der Waals surface area contributed by atoms with E-state index in [-0.39, 0.29) is 0 Å². The van der Waals surface area contributed by atoms with Gasteiger partial charge in [-0.1, -0.05) is 45.7 Å². The highest BCUT2D eigenvalue weighted by atomic mass is 79.9. The number of aliphatic hydroxyl groups is 1. The average molecular weight is 341 g/mol. The zero-order valence-electron chi connectivity index (χ0n) is 10.5. The van der Waals surface area contributed by atoms with Crippen molar-refractivity contribution < 1.29 is 5.11 Å². The summed E-state index contributed by atoms with van der Waals surface area (Å²) in [6.07, 6.45) is -0.627. The first-order chi connectivity index (χ1) is 9.08. The maximum absolute atomic E-state index is 10.1. The van der Waals surface area contributed by atoms with Gasteiger partial charge in [0.1, 0.15) is 0 Å². The molecule has 0 fully saturated rings. The van der Waals surface area contributed by atoms with Gasteiger partial charge in [0, 0.05) is 27.3 Å². The van der Waals surface area contributed by atoms with Gasteiger partial charge >= 0.3 is 0 Å². The van der Waals surface area contributed by atoms with E-state index in [0.717, 1.165) is 21.3 Å². The molecule has 0 aromatic heterocycles. The van der Waals surface area contributed by atoms with Gasteiger partial charge in [-0.3, -0.25) is 0 Å². The van der Waals surface area contributed by atoms with Crippen molar-refractivity contribution in [1.82, 2.24) is 0 Å². The van der Waals surface area contributed by atoms with Crippen LogP contribution in [-0.4, -0.2) is 11.7 Å². The lowest BCUT2D eigenvalue weighted by molar-refractivity contribution is 0.192. The molecular formula is C15H15BrClNO. The SMILES string of the molecule is Cc1cc(NCC(O)c2ccccc2Cl)ccc1Br. The maximum atomic E-state index is 10.1. The second kappa shape index (κ2) is 6.42. The van der Waals surface area contributed by atoms with Crippen LogP contribution < -0.4 is 5.32 Å². The van der Waals surface area contributed by atoms with Crippen molar-refractivity contribution in [2.75, 3.05) is 11.9 Å². The molecule has 0 aliphatic rings. The van der Waals surface area contributed by atoms with Gasteiger partial charge in [0.05, 0.1) is 6.10 Å². The molecule has 19 heavy (non-hydrogen) atoms. The fourth-order valence-corrected chi connectivity index (χ4v) is 2.33. The van der Waals surface area contributed by atoms with Crippen LogP contribution >= 0.6 is 27.5 Å². The lowest BCUT2D eigenvalue weighted by Crippen LogP contribution is -2.12. The fraction of sp³-hybridized carbons (Fsp3) is 0.200. The molecule has 0 spiro atoms. The molecule has 100 valence electrons. The molecule has 0 saturated heterocycles. The van der Waals surface area contributed by atoms with Crippen molar-refractivity contribution in [2.24, 2.45) is 0 Å². The van der Waals surface area contributed by atoms with E-state index in [2.05, 4.69) is 21.2 Å². The first-order valence-corrected chi connectivity index (χ1v) is 7.17. The van der Waals surface area contributed by atoms with Crippen LogP contribution in [0.15, 0.2) is 46.9 Å². The van der Waals surface area contributed by atoms with E-state index in [1.807, 2.05) is 43.3 Å². The Labute approximate surface area is 126 Å². The van der Waals surface area contributed by atoms with Crippen LogP contribution in [0.3, 0.4) is 0 Å². The molecule has 2 N–H and O–H groups in total. The van der Waals surface area contributed by atoms with Gasteiger partial charge < -0.3 is 10.4 Å². The molecule has 2 aromatic carbocycles. The van der Waals surface area contributed by atoms with Crippen LogP contribution in [0.5, 0.6) is 0 Å². The van der Waals surface area contributed by atoms with E-state index in [4.69, 9.17) is 11.6 Å². The second-order valence-electron chi connectivity index (χ2n) is 4.38. The Kier molecular flexibility index (Phi) is 4.86. The standard InChI is InChI=1S/C15H15BrClNO/c1-10-8-11(6-7-13(10)16)18-9-15(19)12-4-2-3-5-14(12)17/h2-8,15,18-19H,9H2,1H3. The third-order valence-corrected chi connectivity index (χ3v) is 4.16. The molecule has 1 unspecified atom stereocenters. The van der Waals surface area contributed by atoms with E-state index in [0.29, 0.717) is 11.6 Å². The Morgan fingerprint density at radius 3 is 2.68 bits per heavy atom. The largest absolute Gasteiger partial charge is 0.387 e. The van der Waals surface area contributed by atoms with Gasteiger partial charge in [-0.2, -0.15) is 0 Å². The first kappa shape index (κ1) is 14.4. The van der Waals surface area contributed by atoms with Crippen LogP contribution in [0.1, 0.15) is 17.2 Å². The van der Waals surface area contributed by atoms with Crippen LogP contribution in [0.4, 0.5) is 5.69 Å². The van der Waals surface area contributed by atoms with Crippen molar-refractivity contribution in [2.45, 2.75) is 13.0 Å². The maximum Gasteiger partial charge on any atom is 0.0976 e. The van der Waals surface area contributed by atoms with Crippen LogP contribution in [0.2, 0.25) is 5.02 Å². The molecule has 0 bridgehead atoms. The summed E-state index contributed by atoms with van der Waals surface area (Å²) in [6, 6.07) is 13.3. The minimum absolute atomic E-state index is 0.421. The van der Waals surface area contributed by atoms with E-state index < -0.39 is 6.10 Å². The summed E-state index contributed by atoms with van der Waals surface area (Å²) in [4.78, 5) is 0. The number of benzene rings is 2. The van der Waals surface area contributed by atoms with E-state index in [1.165, 1.54) is 0 Å². The van der Waals surface area contributed by atoms with Gasteiger partial charge in [0.25, 0.3) is 0 Å². The molecule has 0 radical (unpaired) electrons. The molecule has 2 rings (SSSR count). The van der Waals surface area contributed by atoms with Crippen molar-refractivity contribution in [3.63, 3.8) is 0 Å². The summed E-state index contributed by atoms with van der Waals surface area (Å²) in [5, 5.41) is 13.9. The number of anilines is 1. The fourth-order valence-electron chi connectivity index (χ4n) is 1.82. The number of aliphatic hydroxyl groups excluding tert-OH is 1. The zero-order valence-corrected chi connectivity index (χ0v) is 12.9. The molecule has 0 aliphatic carbocycles. The number of nitrogens with one attached hydrogen (secondary N) is 1. The van der Waals surface area contributed by atoms with Gasteiger partial charge in [0.15, 0.2) is 0 Å². The number of aryl methyl sites for hydroxylation is 1. The lowest BCUT2D eigenvalue weighted by atomic mass is 10.1. The average Bonchev–Trinajstić information content (AvgIpc) is 2.40. The summed E-state index contributed by atoms with van der Waals surface area (Å²) in [6.45, 7) is 2.45. The lowest BCUT2D eigenvalue weighted by Gasteiger charge is -2.15. The molecule has 4 heteroatoms. The third-order valence-electron chi connectivity index (χ3n) is 2.92. The van der Waals surface area contributed by atoms with Gasteiger partial charge in [-0.15, -0.1) is 0 Å². The van der Waals surface area contributed by atoms with Crippen molar-refractivity contribution in [3.8, 4) is 0 Å². The Balaban J connectivity index is 2.02. The summed E-state index contributed by atoms with van der Waals surface area (Å²) in [5.74, 6) is 0. The Morgan fingerprint density at radius 2 is 2.00 bits per heavy atom. The molecule has 2 aromatic rings.